The topological polar surface area (TPSA) is 161 Å². The first-order chi connectivity index (χ1) is 25.2. The van der Waals surface area contributed by atoms with E-state index >= 15 is 0 Å². The number of rotatable bonds is 15. The Kier molecular flexibility index (Phi) is 11.5. The first-order valence-electron chi connectivity index (χ1n) is 17.5. The number of piperidine rings is 1. The molecule has 0 radical (unpaired) electrons. The maximum atomic E-state index is 13.2. The predicted octanol–water partition coefficient (Wildman–Crippen LogP) is 5.55. The number of carbonyl (C=O) groups excluding carboxylic acids is 1. The molecule has 0 bridgehead atoms. The zero-order valence-electron chi connectivity index (χ0n) is 28.8. The van der Waals surface area contributed by atoms with Gasteiger partial charge in [-0.1, -0.05) is 48.5 Å². The van der Waals surface area contributed by atoms with E-state index in [1.54, 1.807) is 41.3 Å². The van der Waals surface area contributed by atoms with E-state index in [0.717, 1.165) is 29.7 Å². The quantitative estimate of drug-likeness (QED) is 0.0880. The highest BCUT2D eigenvalue weighted by molar-refractivity contribution is 5.94. The van der Waals surface area contributed by atoms with Crippen molar-refractivity contribution in [2.24, 2.45) is 0 Å². The largest absolute Gasteiger partial charge is 0.506 e. The summed E-state index contributed by atoms with van der Waals surface area (Å²) >= 11 is 0. The summed E-state index contributed by atoms with van der Waals surface area (Å²) in [4.78, 5) is 41.5. The lowest BCUT2D eigenvalue weighted by molar-refractivity contribution is -0.145. The van der Waals surface area contributed by atoms with Crippen LogP contribution in [0.25, 0.3) is 10.9 Å². The van der Waals surface area contributed by atoms with Crippen LogP contribution in [0.2, 0.25) is 0 Å². The number of nitrogens with zero attached hydrogens (tertiary/aromatic N) is 1. The molecule has 2 heterocycles. The minimum absolute atomic E-state index is 0.0403. The second-order valence-corrected chi connectivity index (χ2v) is 13.1. The second-order valence-electron chi connectivity index (χ2n) is 13.1. The fraction of sp³-hybridized carbons (Fsp3) is 0.293. The highest BCUT2D eigenvalue weighted by atomic mass is 16.5. The van der Waals surface area contributed by atoms with Gasteiger partial charge in [-0.05, 0) is 97.4 Å². The standard InChI is InChI=1S/C41H43N3O8/c45-35-17-15-33(34-16-18-37(47)43-38(34)35)36(46)26-42-21-4-5-24-51-32-10-6-7-28(25-32)27-52-31-13-11-29(12-14-31)39(48)44-22-19-41(20-23-44,40(49)50)30-8-2-1-3-9-30/h1-3,6-18,25,36,42,45-46H,4-5,19-24,26-27H2,(H,43,47)(H,49,50). The molecule has 0 spiro atoms. The van der Waals surface area contributed by atoms with E-state index in [1.807, 2.05) is 54.6 Å². The van der Waals surface area contributed by atoms with Gasteiger partial charge in [0.1, 0.15) is 23.9 Å². The van der Waals surface area contributed by atoms with E-state index in [1.165, 1.54) is 12.1 Å². The van der Waals surface area contributed by atoms with Crippen LogP contribution in [0.15, 0.2) is 108 Å². The predicted molar refractivity (Wildman–Crippen MR) is 197 cm³/mol. The van der Waals surface area contributed by atoms with Crippen molar-refractivity contribution in [3.8, 4) is 17.2 Å². The highest BCUT2D eigenvalue weighted by Gasteiger charge is 2.43. The van der Waals surface area contributed by atoms with Crippen LogP contribution in [0.1, 0.15) is 58.8 Å². The molecule has 1 aliphatic rings. The first-order valence-corrected chi connectivity index (χ1v) is 17.5. The maximum absolute atomic E-state index is 13.2. The first kappa shape index (κ1) is 36.2. The average Bonchev–Trinajstić information content (AvgIpc) is 3.17. The van der Waals surface area contributed by atoms with Gasteiger partial charge >= 0.3 is 5.97 Å². The summed E-state index contributed by atoms with van der Waals surface area (Å²) < 4.78 is 11.9. The van der Waals surface area contributed by atoms with Gasteiger partial charge in [-0.3, -0.25) is 14.4 Å². The molecule has 6 rings (SSSR count). The van der Waals surface area contributed by atoms with Gasteiger partial charge in [0, 0.05) is 36.7 Å². The molecule has 11 heteroatoms. The fourth-order valence-corrected chi connectivity index (χ4v) is 6.68. The number of carboxylic acids is 1. The fourth-order valence-electron chi connectivity index (χ4n) is 6.68. The number of aromatic hydroxyl groups is 1. The van der Waals surface area contributed by atoms with Crippen molar-refractivity contribution in [2.45, 2.75) is 43.8 Å². The molecule has 1 saturated heterocycles. The number of aliphatic hydroxyl groups is 1. The lowest BCUT2D eigenvalue weighted by Crippen LogP contribution is -2.49. The van der Waals surface area contributed by atoms with Crippen LogP contribution >= 0.6 is 0 Å². The van der Waals surface area contributed by atoms with Crippen LogP contribution in [0.3, 0.4) is 0 Å². The number of phenolic OH excluding ortho intramolecular Hbond substituents is 1. The van der Waals surface area contributed by atoms with Gasteiger partial charge in [0.05, 0.1) is 23.6 Å². The number of ether oxygens (including phenoxy) is 2. The van der Waals surface area contributed by atoms with E-state index in [0.29, 0.717) is 80.0 Å². The van der Waals surface area contributed by atoms with Gasteiger partial charge in [-0.2, -0.15) is 0 Å². The monoisotopic (exact) mass is 705 g/mol. The highest BCUT2D eigenvalue weighted by Crippen LogP contribution is 2.36. The number of carbonyl (C=O) groups is 2. The van der Waals surface area contributed by atoms with Crippen LogP contribution in [0.5, 0.6) is 17.2 Å². The van der Waals surface area contributed by atoms with Crippen molar-refractivity contribution in [3.05, 3.63) is 136 Å². The zero-order chi connectivity index (χ0) is 36.5. The Hall–Kier alpha value is -5.65. The molecule has 1 unspecified atom stereocenters. The molecule has 52 heavy (non-hydrogen) atoms. The average molecular weight is 706 g/mol. The Balaban J connectivity index is 0.902. The molecule has 0 aliphatic carbocycles. The number of likely N-dealkylation sites (tertiary alicyclic amines) is 1. The Morgan fingerprint density at radius 1 is 0.865 bits per heavy atom. The Labute approximate surface area is 301 Å². The summed E-state index contributed by atoms with van der Waals surface area (Å²) in [5.74, 6) is 0.345. The summed E-state index contributed by atoms with van der Waals surface area (Å²) in [6.45, 7) is 2.59. The van der Waals surface area contributed by atoms with Gasteiger partial charge in [-0.15, -0.1) is 0 Å². The van der Waals surface area contributed by atoms with Gasteiger partial charge in [0.25, 0.3) is 5.91 Å². The number of aromatic nitrogens is 1. The lowest BCUT2D eigenvalue weighted by Gasteiger charge is -2.39. The van der Waals surface area contributed by atoms with Crippen molar-refractivity contribution in [2.75, 3.05) is 32.8 Å². The molecule has 4 aromatic carbocycles. The number of benzene rings is 4. The van der Waals surface area contributed by atoms with Crippen molar-refractivity contribution in [1.82, 2.24) is 15.2 Å². The molecule has 1 fully saturated rings. The number of pyridine rings is 1. The van der Waals surface area contributed by atoms with Gasteiger partial charge in [0.15, 0.2) is 0 Å². The normalized spacial score (nSPS) is 14.5. The van der Waals surface area contributed by atoms with Gasteiger partial charge in [-0.25, -0.2) is 0 Å². The van der Waals surface area contributed by atoms with E-state index in [2.05, 4.69) is 10.3 Å². The number of carboxylic acid groups (broad SMARTS) is 1. The molecule has 0 saturated carbocycles. The molecular formula is C41H43N3O8. The molecule has 11 nitrogen and oxygen atoms in total. The number of aliphatic hydroxyl groups excluding tert-OH is 1. The smallest absolute Gasteiger partial charge is 0.314 e. The van der Waals surface area contributed by atoms with Crippen molar-refractivity contribution in [1.29, 1.82) is 0 Å². The van der Waals surface area contributed by atoms with Crippen molar-refractivity contribution in [3.63, 3.8) is 0 Å². The minimum Gasteiger partial charge on any atom is -0.506 e. The Bertz CT molecular complexity index is 2040. The molecule has 1 aliphatic heterocycles. The SMILES string of the molecule is O=C(c1ccc(OCc2cccc(OCCCCNCC(O)c3ccc(O)c4[nH]c(=O)ccc34)c2)cc1)N1CCC(C(=O)O)(c2ccccc2)CC1. The van der Waals surface area contributed by atoms with Crippen LogP contribution in [0, 0.1) is 0 Å². The molecular weight excluding hydrogens is 662 g/mol. The molecule has 5 aromatic rings. The second kappa shape index (κ2) is 16.6. The van der Waals surface area contributed by atoms with Crippen LogP contribution < -0.4 is 20.3 Å². The number of aliphatic carboxylic acids is 1. The van der Waals surface area contributed by atoms with Crippen molar-refractivity contribution >= 4 is 22.8 Å². The number of phenols is 1. The zero-order valence-corrected chi connectivity index (χ0v) is 28.8. The molecule has 270 valence electrons. The summed E-state index contributed by atoms with van der Waals surface area (Å²) in [5, 5.41) is 34.7. The van der Waals surface area contributed by atoms with E-state index in [9.17, 15) is 29.7 Å². The number of aromatic amines is 1. The molecule has 1 amide bonds. The Morgan fingerprint density at radius 3 is 2.38 bits per heavy atom. The third-order valence-electron chi connectivity index (χ3n) is 9.67. The van der Waals surface area contributed by atoms with Gasteiger partial charge in [0.2, 0.25) is 5.56 Å². The third kappa shape index (κ3) is 8.44. The number of H-pyrrole nitrogens is 1. The van der Waals surface area contributed by atoms with Gasteiger partial charge < -0.3 is 40.0 Å². The number of fused-ring (bicyclic) bond motifs is 1. The number of hydrogen-bond donors (Lipinski definition) is 5. The van der Waals surface area contributed by atoms with E-state index in [4.69, 9.17) is 9.47 Å². The van der Waals surface area contributed by atoms with Crippen LogP contribution in [0.4, 0.5) is 0 Å². The summed E-state index contributed by atoms with van der Waals surface area (Å²) in [7, 11) is 0. The number of hydrogen-bond acceptors (Lipinski definition) is 8. The third-order valence-corrected chi connectivity index (χ3v) is 9.67. The molecule has 5 N–H and O–H groups in total. The summed E-state index contributed by atoms with van der Waals surface area (Å²) in [5.41, 5.74) is 1.87. The Morgan fingerprint density at radius 2 is 1.63 bits per heavy atom. The van der Waals surface area contributed by atoms with Crippen LogP contribution in [-0.2, 0) is 16.8 Å². The summed E-state index contributed by atoms with van der Waals surface area (Å²) in [6.07, 6.45) is 1.56. The number of unbranched alkanes of at least 4 members (excludes halogenated alkanes) is 1. The number of amides is 1. The maximum Gasteiger partial charge on any atom is 0.314 e. The molecule has 1 atom stereocenters. The van der Waals surface area contributed by atoms with E-state index < -0.39 is 17.5 Å². The number of nitrogens with one attached hydrogen (secondary N) is 2. The minimum atomic E-state index is -0.986. The summed E-state index contributed by atoms with van der Waals surface area (Å²) in [6, 6.07) is 30.1. The lowest BCUT2D eigenvalue weighted by atomic mass is 9.73. The van der Waals surface area contributed by atoms with Crippen LogP contribution in [-0.4, -0.2) is 69.9 Å². The van der Waals surface area contributed by atoms with E-state index in [-0.39, 0.29) is 17.2 Å². The molecule has 1 aromatic heterocycles. The van der Waals surface area contributed by atoms with Crippen molar-refractivity contribution < 1.29 is 34.4 Å².